The Labute approximate surface area is 235 Å². The van der Waals surface area contributed by atoms with E-state index in [1.165, 1.54) is 11.1 Å². The van der Waals surface area contributed by atoms with Gasteiger partial charge in [0.2, 0.25) is 0 Å². The summed E-state index contributed by atoms with van der Waals surface area (Å²) in [7, 11) is -18.3. The van der Waals surface area contributed by atoms with E-state index in [1.807, 2.05) is 24.4 Å². The predicted octanol–water partition coefficient (Wildman–Crippen LogP) is 4.02. The van der Waals surface area contributed by atoms with Gasteiger partial charge in [-0.15, -0.1) is 0 Å². The Morgan fingerprint density at radius 2 is 0.950 bits per heavy atom. The molecule has 1 aromatic carbocycles. The first-order chi connectivity index (χ1) is 17.0. The molecule has 0 aliphatic rings. The molecule has 0 bridgehead atoms. The number of aromatic nitrogens is 1. The second-order valence-corrected chi connectivity index (χ2v) is 10.8. The number of benzene rings is 1. The summed E-state index contributed by atoms with van der Waals surface area (Å²) < 4.78 is 177. The number of pyridine rings is 1. The minimum Gasteiger partial charge on any atom is -0.741 e. The first-order valence-corrected chi connectivity index (χ1v) is 13.3. The zero-order valence-electron chi connectivity index (χ0n) is 19.3. The predicted molar refractivity (Wildman–Crippen MR) is 111 cm³/mol. The molecule has 2 aromatic rings. The molecule has 0 spiro atoms. The van der Waals surface area contributed by atoms with Crippen molar-refractivity contribution in [1.29, 1.82) is 0 Å². The smallest absolute Gasteiger partial charge is 0.741 e. The van der Waals surface area contributed by atoms with Gasteiger partial charge in [-0.1, -0.05) is 44.2 Å². The zero-order chi connectivity index (χ0) is 31.7. The van der Waals surface area contributed by atoms with Crippen molar-refractivity contribution >= 4 is 30.4 Å². The summed E-state index contributed by atoms with van der Waals surface area (Å²) in [6.45, 7) is 4.40. The van der Waals surface area contributed by atoms with E-state index in [0.717, 1.165) is 5.69 Å². The van der Waals surface area contributed by atoms with Gasteiger partial charge in [0.05, 0.1) is 5.69 Å². The van der Waals surface area contributed by atoms with Gasteiger partial charge in [-0.25, -0.2) is 25.3 Å². The van der Waals surface area contributed by atoms with Gasteiger partial charge >= 0.3 is 36.6 Å². The molecule has 2 rings (SSSR count). The number of halogens is 9. The third-order valence-electron chi connectivity index (χ3n) is 3.37. The summed E-state index contributed by atoms with van der Waals surface area (Å²) in [5.41, 5.74) is -13.4. The maximum absolute atomic E-state index is 10.7. The van der Waals surface area contributed by atoms with Gasteiger partial charge < -0.3 is 13.7 Å². The topological polar surface area (TPSA) is 184 Å². The van der Waals surface area contributed by atoms with Crippen LogP contribution in [0.2, 0.25) is 0 Å². The van der Waals surface area contributed by atoms with E-state index in [-0.39, 0.29) is 20.1 Å². The van der Waals surface area contributed by atoms with Crippen LogP contribution in [0.1, 0.15) is 25.3 Å². The maximum atomic E-state index is 10.7. The molecule has 0 unspecified atom stereocenters. The van der Waals surface area contributed by atoms with Gasteiger partial charge in [0.25, 0.3) is 0 Å². The van der Waals surface area contributed by atoms with Crippen molar-refractivity contribution in [3.05, 3.63) is 54.2 Å². The Morgan fingerprint density at radius 3 is 1.20 bits per heavy atom. The molecule has 232 valence electrons. The summed E-state index contributed by atoms with van der Waals surface area (Å²) in [5.74, 6) is 0.551. The molecule has 0 amide bonds. The Balaban J connectivity index is -0.000000480. The van der Waals surface area contributed by atoms with Crippen LogP contribution in [0.25, 0.3) is 11.3 Å². The molecule has 40 heavy (non-hydrogen) atoms. The van der Waals surface area contributed by atoms with Crippen LogP contribution < -0.4 is 0 Å². The molecule has 0 fully saturated rings. The van der Waals surface area contributed by atoms with E-state index in [0.29, 0.717) is 5.92 Å². The fourth-order valence-electron chi connectivity index (χ4n) is 1.57. The van der Waals surface area contributed by atoms with Crippen molar-refractivity contribution in [2.24, 2.45) is 0 Å². The van der Waals surface area contributed by atoms with Crippen molar-refractivity contribution in [2.45, 2.75) is 36.3 Å². The maximum Gasteiger partial charge on any atom is 3.00 e. The largest absolute Gasteiger partial charge is 3.00 e. The Kier molecular flexibility index (Phi) is 17.0. The van der Waals surface area contributed by atoms with Crippen LogP contribution in [0.4, 0.5) is 39.5 Å². The molecule has 0 saturated carbocycles. The van der Waals surface area contributed by atoms with Gasteiger partial charge in [-0.2, -0.15) is 39.5 Å². The van der Waals surface area contributed by atoms with Crippen LogP contribution in [0.3, 0.4) is 0 Å². The minimum absolute atomic E-state index is 0. The average molecular weight is 837 g/mol. The zero-order valence-corrected chi connectivity index (χ0v) is 24.1. The molecular weight excluding hydrogens is 822 g/mol. The second-order valence-electron chi connectivity index (χ2n) is 6.69. The van der Waals surface area contributed by atoms with Gasteiger partial charge in [0.1, 0.15) is 0 Å². The molecule has 1 heterocycles. The van der Waals surface area contributed by atoms with Crippen molar-refractivity contribution in [1.82, 2.24) is 4.98 Å². The number of hydrogen-bond donors (Lipinski definition) is 0. The first kappa shape index (κ1) is 42.6. The molecule has 0 aliphatic heterocycles. The van der Waals surface area contributed by atoms with Crippen molar-refractivity contribution in [3.63, 3.8) is 0 Å². The van der Waals surface area contributed by atoms with E-state index in [2.05, 4.69) is 43.1 Å². The fraction of sp³-hybridized carbons (Fsp3) is 0.353. The van der Waals surface area contributed by atoms with Crippen LogP contribution in [0, 0.1) is 0 Å². The molecule has 0 radical (unpaired) electrons. The van der Waals surface area contributed by atoms with E-state index >= 15 is 0 Å². The Hall–Kier alpha value is -1.88. The summed E-state index contributed by atoms with van der Waals surface area (Å²) in [5, 5.41) is 0. The van der Waals surface area contributed by atoms with Gasteiger partial charge in [0, 0.05) is 11.8 Å². The van der Waals surface area contributed by atoms with Gasteiger partial charge in [-0.05, 0) is 23.6 Å². The van der Waals surface area contributed by atoms with Crippen LogP contribution in [0.5, 0.6) is 0 Å². The van der Waals surface area contributed by atoms with Crippen LogP contribution in [0.15, 0.2) is 48.7 Å². The van der Waals surface area contributed by atoms with Crippen LogP contribution in [-0.2, 0) is 50.5 Å². The standard InChI is InChI=1S/C14H15N.3CHF3O3S.Ir/c1-11(2)13-8-9-15-14(10-13)12-6-4-3-5-7-12;3*2-1(3,4)8(5,6)7;/h3-11H,1-2H3;3*(H,5,6,7);/q;;;;+3/p-3. The summed E-state index contributed by atoms with van der Waals surface area (Å²) in [6, 6.07) is 14.5. The van der Waals surface area contributed by atoms with E-state index in [9.17, 15) is 39.5 Å². The van der Waals surface area contributed by atoms with Crippen molar-refractivity contribution < 1.29 is 98.5 Å². The van der Waals surface area contributed by atoms with E-state index < -0.39 is 46.9 Å². The second kappa shape index (κ2) is 15.9. The fourth-order valence-corrected chi connectivity index (χ4v) is 1.57. The normalized spacial score (nSPS) is 12.4. The number of rotatable bonds is 2. The van der Waals surface area contributed by atoms with Crippen molar-refractivity contribution in [2.75, 3.05) is 0 Å². The summed E-state index contributed by atoms with van der Waals surface area (Å²) in [6.07, 6.45) is 1.89. The van der Waals surface area contributed by atoms with Gasteiger partial charge in [0.15, 0.2) is 30.4 Å². The van der Waals surface area contributed by atoms with Crippen LogP contribution >= 0.6 is 0 Å². The van der Waals surface area contributed by atoms with Gasteiger partial charge in [-0.3, -0.25) is 4.98 Å². The van der Waals surface area contributed by atoms with E-state index in [4.69, 9.17) is 38.9 Å². The SMILES string of the molecule is CC(C)c1ccnc(-c2ccccc2)c1.O=S(=O)([O-])C(F)(F)F.O=S(=O)([O-])C(F)(F)F.O=S(=O)([O-])C(F)(F)F.[Ir+3]. The summed E-state index contributed by atoms with van der Waals surface area (Å²) >= 11 is 0. The molecular formula is C17H15F9IrNO9S3. The Morgan fingerprint density at radius 1 is 0.650 bits per heavy atom. The third-order valence-corrected chi connectivity index (χ3v) is 5.07. The first-order valence-electron chi connectivity index (χ1n) is 9.10. The Bertz CT molecular complexity index is 1260. The summed E-state index contributed by atoms with van der Waals surface area (Å²) in [4.78, 5) is 4.39. The monoisotopic (exact) mass is 837 g/mol. The molecule has 0 atom stereocenters. The van der Waals surface area contributed by atoms with Crippen molar-refractivity contribution in [3.8, 4) is 11.3 Å². The molecule has 1 aromatic heterocycles. The molecule has 23 heteroatoms. The van der Waals surface area contributed by atoms with E-state index in [1.54, 1.807) is 0 Å². The quantitative estimate of drug-likeness (QED) is 0.243. The molecule has 0 aliphatic carbocycles. The third kappa shape index (κ3) is 17.0. The minimum atomic E-state index is -6.09. The number of nitrogens with zero attached hydrogens (tertiary/aromatic N) is 1. The van der Waals surface area contributed by atoms with Crippen LogP contribution in [-0.4, -0.2) is 60.4 Å². The average Bonchev–Trinajstić information content (AvgIpc) is 2.71. The molecule has 0 saturated heterocycles. The number of alkyl halides is 9. The molecule has 10 nitrogen and oxygen atoms in total. The molecule has 0 N–H and O–H groups in total. The number of hydrogen-bond acceptors (Lipinski definition) is 10.